The van der Waals surface area contributed by atoms with Crippen LogP contribution >= 0.6 is 46.4 Å². The Bertz CT molecular complexity index is 562. The van der Waals surface area contributed by atoms with E-state index in [-0.39, 0.29) is 25.7 Å². The Morgan fingerprint density at radius 2 is 1.71 bits per heavy atom. The highest BCUT2D eigenvalue weighted by Gasteiger charge is 2.38. The van der Waals surface area contributed by atoms with Gasteiger partial charge in [0, 0.05) is 16.5 Å². The molecule has 7 heteroatoms. The first-order valence-electron chi connectivity index (χ1n) is 6.58. The molecule has 2 rings (SSSR count). The van der Waals surface area contributed by atoms with E-state index >= 15 is 0 Å². The van der Waals surface area contributed by atoms with Gasteiger partial charge in [0.05, 0.1) is 27.1 Å². The molecule has 1 saturated carbocycles. The fraction of sp³-hybridized carbons (Fsp3) is 0.500. The Kier molecular flexibility index (Phi) is 5.66. The number of carboxylic acid groups (broad SMARTS) is 1. The molecule has 1 aliphatic carbocycles. The topological polar surface area (TPSA) is 57.5 Å². The van der Waals surface area contributed by atoms with Crippen LogP contribution in [0.1, 0.15) is 37.4 Å². The zero-order valence-corrected chi connectivity index (χ0v) is 14.0. The van der Waals surface area contributed by atoms with Gasteiger partial charge in [-0.15, -0.1) is 0 Å². The molecule has 1 aromatic rings. The molecule has 1 aliphatic rings. The van der Waals surface area contributed by atoms with Gasteiger partial charge in [-0.3, -0.25) is 4.79 Å². The molecule has 0 radical (unpaired) electrons. The molecule has 0 saturated heterocycles. The summed E-state index contributed by atoms with van der Waals surface area (Å²) < 4.78 is 0. The van der Waals surface area contributed by atoms with Crippen molar-refractivity contribution in [2.24, 2.45) is 11.8 Å². The molecule has 1 aromatic carbocycles. The summed E-state index contributed by atoms with van der Waals surface area (Å²) in [4.78, 5) is 11.4. The third-order valence-corrected chi connectivity index (χ3v) is 5.58. The number of aliphatic carboxylic acids is 1. The van der Waals surface area contributed by atoms with Crippen LogP contribution in [0.4, 0.5) is 0 Å². The first-order valence-corrected chi connectivity index (χ1v) is 8.09. The van der Waals surface area contributed by atoms with Crippen LogP contribution in [-0.4, -0.2) is 16.2 Å². The summed E-state index contributed by atoms with van der Waals surface area (Å²) in [5.74, 6) is -1.97. The van der Waals surface area contributed by atoms with Crippen LogP contribution in [0.3, 0.4) is 0 Å². The summed E-state index contributed by atoms with van der Waals surface area (Å²) in [5.41, 5.74) is 0.255. The predicted molar refractivity (Wildman–Crippen MR) is 84.5 cm³/mol. The standard InChI is InChI=1S/C14H14Cl4O3/c15-8-5-9(16)11(17)12(18)10(8)13(19)6-3-1-2-4-7(6)14(20)21/h5-7,13,19H,1-4H2,(H,20,21). The molecule has 0 spiro atoms. The van der Waals surface area contributed by atoms with Crippen molar-refractivity contribution in [3.63, 3.8) is 0 Å². The second kappa shape index (κ2) is 6.93. The largest absolute Gasteiger partial charge is 0.481 e. The molecule has 0 amide bonds. The molecule has 3 unspecified atom stereocenters. The highest BCUT2D eigenvalue weighted by Crippen LogP contribution is 2.46. The Labute approximate surface area is 142 Å². The van der Waals surface area contributed by atoms with Crippen molar-refractivity contribution in [1.29, 1.82) is 0 Å². The molecule has 0 aliphatic heterocycles. The minimum absolute atomic E-state index is 0.0800. The van der Waals surface area contributed by atoms with Gasteiger partial charge in [-0.1, -0.05) is 59.2 Å². The van der Waals surface area contributed by atoms with Crippen LogP contribution in [0.5, 0.6) is 0 Å². The maximum absolute atomic E-state index is 11.4. The Balaban J connectivity index is 2.41. The summed E-state index contributed by atoms with van der Waals surface area (Å²) in [6.07, 6.45) is 1.75. The maximum Gasteiger partial charge on any atom is 0.306 e. The first kappa shape index (κ1) is 17.2. The quantitative estimate of drug-likeness (QED) is 0.565. The lowest BCUT2D eigenvalue weighted by Gasteiger charge is -2.33. The van der Waals surface area contributed by atoms with E-state index in [2.05, 4.69) is 0 Å². The molecule has 0 heterocycles. The van der Waals surface area contributed by atoms with Gasteiger partial charge in [0.15, 0.2) is 0 Å². The molecule has 1 fully saturated rings. The molecule has 116 valence electrons. The number of aliphatic hydroxyl groups is 1. The maximum atomic E-state index is 11.4. The van der Waals surface area contributed by atoms with Crippen LogP contribution < -0.4 is 0 Å². The van der Waals surface area contributed by atoms with Gasteiger partial charge in [-0.25, -0.2) is 0 Å². The van der Waals surface area contributed by atoms with Crippen LogP contribution in [-0.2, 0) is 4.79 Å². The highest BCUT2D eigenvalue weighted by molar-refractivity contribution is 6.49. The number of hydrogen-bond acceptors (Lipinski definition) is 2. The monoisotopic (exact) mass is 370 g/mol. The Hall–Kier alpha value is -0.190. The van der Waals surface area contributed by atoms with Crippen molar-refractivity contribution in [2.45, 2.75) is 31.8 Å². The van der Waals surface area contributed by atoms with Gasteiger partial charge < -0.3 is 10.2 Å². The van der Waals surface area contributed by atoms with E-state index in [1.807, 2.05) is 0 Å². The van der Waals surface area contributed by atoms with E-state index in [1.165, 1.54) is 6.07 Å². The number of carbonyl (C=O) groups is 1. The van der Waals surface area contributed by atoms with Crippen molar-refractivity contribution >= 4 is 52.4 Å². The van der Waals surface area contributed by atoms with Gasteiger partial charge in [0.2, 0.25) is 0 Å². The van der Waals surface area contributed by atoms with Crippen molar-refractivity contribution in [3.8, 4) is 0 Å². The second-order valence-corrected chi connectivity index (χ2v) is 6.79. The van der Waals surface area contributed by atoms with E-state index in [4.69, 9.17) is 46.4 Å². The molecule has 3 nitrogen and oxygen atoms in total. The average molecular weight is 372 g/mol. The third kappa shape index (κ3) is 3.43. The van der Waals surface area contributed by atoms with E-state index < -0.39 is 23.9 Å². The van der Waals surface area contributed by atoms with E-state index in [9.17, 15) is 15.0 Å². The number of halogens is 4. The van der Waals surface area contributed by atoms with Gasteiger partial charge in [0.25, 0.3) is 0 Å². The van der Waals surface area contributed by atoms with Gasteiger partial charge in [-0.2, -0.15) is 0 Å². The summed E-state index contributed by atoms with van der Waals surface area (Å²) in [5, 5.41) is 20.5. The van der Waals surface area contributed by atoms with Crippen LogP contribution in [0.25, 0.3) is 0 Å². The van der Waals surface area contributed by atoms with E-state index in [1.54, 1.807) is 0 Å². The lowest BCUT2D eigenvalue weighted by Crippen LogP contribution is -2.31. The zero-order valence-electron chi connectivity index (χ0n) is 11.0. The first-order chi connectivity index (χ1) is 9.84. The number of rotatable bonds is 3. The number of benzene rings is 1. The van der Waals surface area contributed by atoms with Crippen molar-refractivity contribution in [2.75, 3.05) is 0 Å². The van der Waals surface area contributed by atoms with Gasteiger partial charge >= 0.3 is 5.97 Å². The lowest BCUT2D eigenvalue weighted by molar-refractivity contribution is -0.147. The number of hydrogen-bond donors (Lipinski definition) is 2. The molecule has 0 bridgehead atoms. The fourth-order valence-corrected chi connectivity index (χ4v) is 4.05. The van der Waals surface area contributed by atoms with Crippen molar-refractivity contribution < 1.29 is 15.0 Å². The molecule has 0 aromatic heterocycles. The summed E-state index contributed by atoms with van der Waals surface area (Å²) >= 11 is 24.1. The van der Waals surface area contributed by atoms with E-state index in [0.717, 1.165) is 12.8 Å². The number of carboxylic acids is 1. The minimum atomic E-state index is -1.08. The van der Waals surface area contributed by atoms with Crippen LogP contribution in [0.2, 0.25) is 20.1 Å². The highest BCUT2D eigenvalue weighted by atomic mass is 35.5. The normalized spacial score (nSPS) is 23.9. The van der Waals surface area contributed by atoms with Gasteiger partial charge in [0.1, 0.15) is 0 Å². The molecular formula is C14H14Cl4O3. The third-order valence-electron chi connectivity index (χ3n) is 3.99. The van der Waals surface area contributed by atoms with E-state index in [0.29, 0.717) is 12.8 Å². The molecular weight excluding hydrogens is 358 g/mol. The lowest BCUT2D eigenvalue weighted by atomic mass is 9.74. The van der Waals surface area contributed by atoms with Crippen LogP contribution in [0, 0.1) is 11.8 Å². The Morgan fingerprint density at radius 1 is 1.10 bits per heavy atom. The van der Waals surface area contributed by atoms with Crippen molar-refractivity contribution in [3.05, 3.63) is 31.7 Å². The van der Waals surface area contributed by atoms with Crippen molar-refractivity contribution in [1.82, 2.24) is 0 Å². The van der Waals surface area contributed by atoms with Gasteiger partial charge in [-0.05, 0) is 18.9 Å². The summed E-state index contributed by atoms with van der Waals surface area (Å²) in [7, 11) is 0. The SMILES string of the molecule is O=C(O)C1CCCCC1C(O)c1c(Cl)cc(Cl)c(Cl)c1Cl. The number of aliphatic hydroxyl groups excluding tert-OH is 1. The average Bonchev–Trinajstić information content (AvgIpc) is 2.44. The summed E-state index contributed by atoms with van der Waals surface area (Å²) in [6.45, 7) is 0. The van der Waals surface area contributed by atoms with Crippen LogP contribution in [0.15, 0.2) is 6.07 Å². The molecule has 2 N–H and O–H groups in total. The minimum Gasteiger partial charge on any atom is -0.481 e. The smallest absolute Gasteiger partial charge is 0.306 e. The molecule has 21 heavy (non-hydrogen) atoms. The predicted octanol–water partition coefficient (Wildman–Crippen LogP) is 5.22. The Morgan fingerprint density at radius 3 is 2.33 bits per heavy atom. The molecule has 3 atom stereocenters. The summed E-state index contributed by atoms with van der Waals surface area (Å²) in [6, 6.07) is 1.41. The second-order valence-electron chi connectivity index (χ2n) is 5.22. The zero-order chi connectivity index (χ0) is 15.7. The fourth-order valence-electron chi connectivity index (χ4n) is 2.91.